The third-order valence-electron chi connectivity index (χ3n) is 16.1. The van der Waals surface area contributed by atoms with Gasteiger partial charge in [0.15, 0.2) is 0 Å². The van der Waals surface area contributed by atoms with Gasteiger partial charge in [-0.2, -0.15) is 0 Å². The Hall–Kier alpha value is -2.18. The Morgan fingerprint density at radius 3 is 1.01 bits per heavy atom. The minimum absolute atomic E-state index is 0.00843. The normalized spacial score (nSPS) is 12.8. The largest absolute Gasteiger partial charge is 0.466 e. The number of amides is 1. The smallest absolute Gasteiger partial charge is 0.305 e. The molecule has 0 aliphatic heterocycles. The number of aliphatic hydroxyl groups excluding tert-OH is 2. The Morgan fingerprint density at radius 1 is 0.359 bits per heavy atom. The van der Waals surface area contributed by atoms with E-state index in [0.29, 0.717) is 19.4 Å². The molecule has 0 aromatic carbocycles. The van der Waals surface area contributed by atoms with Gasteiger partial charge in [0.2, 0.25) is 5.91 Å². The standard InChI is InChI=1S/C72H135NO5/c1-3-5-7-9-11-13-15-17-19-33-38-42-46-50-54-58-62-66-72(77)78-67-63-59-55-51-47-43-39-35-32-30-28-26-24-22-20-21-23-25-27-29-31-34-37-41-45-49-53-57-61-65-71(76)73-69(68-74)70(75)64-60-56-52-48-44-40-36-18-16-14-12-10-8-6-4-2/h11,13,17,19-20,22,60,64,69-70,74-75H,3-10,12,14-16,18,21,23-59,61-63,65-68H2,1-2H3,(H,73,76)/b13-11-,19-17-,22-20-,64-60+. The lowest BCUT2D eigenvalue weighted by atomic mass is 10.0. The van der Waals surface area contributed by atoms with E-state index in [1.807, 2.05) is 6.08 Å². The number of carbonyl (C=O) groups excluding carboxylic acids is 2. The Balaban J connectivity index is 3.38. The molecule has 0 spiro atoms. The summed E-state index contributed by atoms with van der Waals surface area (Å²) in [5.74, 6) is -0.0572. The molecule has 0 saturated carbocycles. The fourth-order valence-corrected chi connectivity index (χ4v) is 10.7. The first-order chi connectivity index (χ1) is 38.5. The zero-order valence-electron chi connectivity index (χ0n) is 52.4. The van der Waals surface area contributed by atoms with E-state index in [1.165, 1.54) is 295 Å². The first kappa shape index (κ1) is 75.8. The van der Waals surface area contributed by atoms with E-state index in [0.717, 1.165) is 51.4 Å². The number of aliphatic hydroxyl groups is 2. The molecule has 0 saturated heterocycles. The van der Waals surface area contributed by atoms with Gasteiger partial charge in [0.25, 0.3) is 0 Å². The lowest BCUT2D eigenvalue weighted by molar-refractivity contribution is -0.143. The van der Waals surface area contributed by atoms with Crippen molar-refractivity contribution < 1.29 is 24.5 Å². The van der Waals surface area contributed by atoms with E-state index in [1.54, 1.807) is 6.08 Å². The van der Waals surface area contributed by atoms with Gasteiger partial charge in [-0.15, -0.1) is 0 Å². The van der Waals surface area contributed by atoms with E-state index >= 15 is 0 Å². The van der Waals surface area contributed by atoms with Crippen molar-refractivity contribution in [3.63, 3.8) is 0 Å². The van der Waals surface area contributed by atoms with Crippen molar-refractivity contribution in [2.75, 3.05) is 13.2 Å². The van der Waals surface area contributed by atoms with Crippen LogP contribution in [0.3, 0.4) is 0 Å². The molecule has 1 amide bonds. The molecule has 78 heavy (non-hydrogen) atoms. The summed E-state index contributed by atoms with van der Waals surface area (Å²) in [5, 5.41) is 23.2. The Bertz CT molecular complexity index is 1310. The van der Waals surface area contributed by atoms with E-state index in [4.69, 9.17) is 4.74 Å². The van der Waals surface area contributed by atoms with Gasteiger partial charge < -0.3 is 20.3 Å². The predicted octanol–water partition coefficient (Wildman–Crippen LogP) is 22.5. The monoisotopic (exact) mass is 1090 g/mol. The second-order valence-electron chi connectivity index (χ2n) is 23.9. The van der Waals surface area contributed by atoms with E-state index < -0.39 is 12.1 Å². The summed E-state index contributed by atoms with van der Waals surface area (Å²) in [6.45, 7) is 4.90. The summed E-state index contributed by atoms with van der Waals surface area (Å²) in [7, 11) is 0. The zero-order valence-corrected chi connectivity index (χ0v) is 52.4. The highest BCUT2D eigenvalue weighted by atomic mass is 16.5. The van der Waals surface area contributed by atoms with Crippen LogP contribution in [0.5, 0.6) is 0 Å². The molecule has 2 unspecified atom stereocenters. The van der Waals surface area contributed by atoms with E-state index in [-0.39, 0.29) is 18.5 Å². The van der Waals surface area contributed by atoms with Crippen LogP contribution in [0, 0.1) is 0 Å². The van der Waals surface area contributed by atoms with Crippen molar-refractivity contribution >= 4 is 11.9 Å². The van der Waals surface area contributed by atoms with Gasteiger partial charge in [0.1, 0.15) is 0 Å². The van der Waals surface area contributed by atoms with Gasteiger partial charge in [-0.25, -0.2) is 0 Å². The fourth-order valence-electron chi connectivity index (χ4n) is 10.7. The fraction of sp³-hybridized carbons (Fsp3) is 0.861. The van der Waals surface area contributed by atoms with Gasteiger partial charge in [0.05, 0.1) is 25.4 Å². The Kier molecular flexibility index (Phi) is 65.4. The third-order valence-corrected chi connectivity index (χ3v) is 16.1. The summed E-state index contributed by atoms with van der Waals surface area (Å²) >= 11 is 0. The average molecular weight is 1090 g/mol. The number of carbonyl (C=O) groups is 2. The second kappa shape index (κ2) is 67.3. The third kappa shape index (κ3) is 63.0. The number of rotatable bonds is 65. The molecule has 458 valence electrons. The average Bonchev–Trinajstić information content (AvgIpc) is 3.44. The van der Waals surface area contributed by atoms with Crippen LogP contribution < -0.4 is 5.32 Å². The van der Waals surface area contributed by atoms with Crippen molar-refractivity contribution in [2.24, 2.45) is 0 Å². The molecule has 0 rings (SSSR count). The molecular weight excluding hydrogens is 959 g/mol. The van der Waals surface area contributed by atoms with Crippen LogP contribution in [0.25, 0.3) is 0 Å². The summed E-state index contributed by atoms with van der Waals surface area (Å²) in [5.41, 5.74) is 0. The number of hydrogen-bond donors (Lipinski definition) is 3. The van der Waals surface area contributed by atoms with Crippen molar-refractivity contribution in [3.05, 3.63) is 48.6 Å². The molecule has 0 aliphatic carbocycles. The minimum Gasteiger partial charge on any atom is -0.466 e. The van der Waals surface area contributed by atoms with Crippen LogP contribution in [-0.4, -0.2) is 47.4 Å². The second-order valence-corrected chi connectivity index (χ2v) is 23.9. The maximum atomic E-state index is 12.5. The lowest BCUT2D eigenvalue weighted by Crippen LogP contribution is -2.45. The predicted molar refractivity (Wildman–Crippen MR) is 342 cm³/mol. The topological polar surface area (TPSA) is 95.9 Å². The Morgan fingerprint density at radius 2 is 0.641 bits per heavy atom. The highest BCUT2D eigenvalue weighted by Crippen LogP contribution is 2.18. The van der Waals surface area contributed by atoms with Crippen LogP contribution in [-0.2, 0) is 14.3 Å². The van der Waals surface area contributed by atoms with Gasteiger partial charge in [-0.1, -0.05) is 319 Å². The van der Waals surface area contributed by atoms with Gasteiger partial charge in [-0.05, 0) is 89.9 Å². The quantitative estimate of drug-likeness (QED) is 0.0320. The molecule has 6 nitrogen and oxygen atoms in total. The molecule has 0 fully saturated rings. The van der Waals surface area contributed by atoms with Gasteiger partial charge in [0, 0.05) is 12.8 Å². The van der Waals surface area contributed by atoms with E-state index in [9.17, 15) is 19.8 Å². The van der Waals surface area contributed by atoms with Crippen LogP contribution in [0.1, 0.15) is 373 Å². The van der Waals surface area contributed by atoms with Crippen LogP contribution in [0.15, 0.2) is 48.6 Å². The summed E-state index contributed by atoms with van der Waals surface area (Å²) in [4.78, 5) is 24.6. The molecule has 3 N–H and O–H groups in total. The number of esters is 1. The molecular formula is C72H135NO5. The molecule has 0 bridgehead atoms. The number of allylic oxidation sites excluding steroid dienone is 7. The zero-order chi connectivity index (χ0) is 56.4. The van der Waals surface area contributed by atoms with Crippen LogP contribution >= 0.6 is 0 Å². The molecule has 0 radical (unpaired) electrons. The molecule has 0 heterocycles. The van der Waals surface area contributed by atoms with Crippen molar-refractivity contribution in [1.82, 2.24) is 5.32 Å². The Labute approximate surface area is 486 Å². The summed E-state index contributed by atoms with van der Waals surface area (Å²) in [6.07, 6.45) is 87.6. The number of nitrogens with one attached hydrogen (secondary N) is 1. The van der Waals surface area contributed by atoms with E-state index in [2.05, 4.69) is 55.6 Å². The molecule has 0 aliphatic rings. The minimum atomic E-state index is -0.844. The molecule has 6 heteroatoms. The molecule has 0 aromatic heterocycles. The first-order valence-electron chi connectivity index (χ1n) is 34.9. The van der Waals surface area contributed by atoms with Crippen molar-refractivity contribution in [3.8, 4) is 0 Å². The van der Waals surface area contributed by atoms with Crippen molar-refractivity contribution in [2.45, 2.75) is 386 Å². The first-order valence-corrected chi connectivity index (χ1v) is 34.9. The number of unbranched alkanes of at least 4 members (excludes halogenated alkanes) is 48. The molecule has 0 aromatic rings. The van der Waals surface area contributed by atoms with Crippen LogP contribution in [0.2, 0.25) is 0 Å². The highest BCUT2D eigenvalue weighted by molar-refractivity contribution is 5.76. The molecule has 2 atom stereocenters. The van der Waals surface area contributed by atoms with Crippen LogP contribution in [0.4, 0.5) is 0 Å². The van der Waals surface area contributed by atoms with Gasteiger partial charge in [-0.3, -0.25) is 9.59 Å². The highest BCUT2D eigenvalue weighted by Gasteiger charge is 2.18. The van der Waals surface area contributed by atoms with Gasteiger partial charge >= 0.3 is 5.97 Å². The summed E-state index contributed by atoms with van der Waals surface area (Å²) in [6, 6.07) is -0.628. The summed E-state index contributed by atoms with van der Waals surface area (Å²) < 4.78 is 5.50. The SMILES string of the molecule is CCCCC/C=C\C/C=C\CCCCCCCCCC(=O)OCCCCCCCCCCCCCC/C=C\CCCCCCCCCCCCCCCC(=O)NC(CO)C(O)/C=C/CCCCCCCCCCCCCCC. The lowest BCUT2D eigenvalue weighted by Gasteiger charge is -2.20. The number of ether oxygens (including phenoxy) is 1. The van der Waals surface area contributed by atoms with Crippen molar-refractivity contribution in [1.29, 1.82) is 0 Å². The number of hydrogen-bond acceptors (Lipinski definition) is 5. The maximum Gasteiger partial charge on any atom is 0.305 e. The maximum absolute atomic E-state index is 12.5.